The van der Waals surface area contributed by atoms with E-state index in [4.69, 9.17) is 16.6 Å². The van der Waals surface area contributed by atoms with Gasteiger partial charge in [-0.2, -0.15) is 0 Å². The van der Waals surface area contributed by atoms with Gasteiger partial charge in [-0.25, -0.2) is 14.8 Å². The van der Waals surface area contributed by atoms with Gasteiger partial charge >= 0.3 is 5.97 Å². The van der Waals surface area contributed by atoms with Gasteiger partial charge in [-0.3, -0.25) is 9.36 Å². The number of anilines is 2. The Morgan fingerprint density at radius 3 is 2.66 bits per heavy atom. The molecular weight excluding hydrogens is 430 g/mol. The summed E-state index contributed by atoms with van der Waals surface area (Å²) in [5.41, 5.74) is 2.52. The van der Waals surface area contributed by atoms with Gasteiger partial charge < -0.3 is 15.3 Å². The second kappa shape index (κ2) is 7.48. The van der Waals surface area contributed by atoms with E-state index in [1.807, 2.05) is 26.0 Å². The third-order valence-corrected chi connectivity index (χ3v) is 6.71. The minimum atomic E-state index is -1.17. The van der Waals surface area contributed by atoms with E-state index in [2.05, 4.69) is 15.2 Å². The highest BCUT2D eigenvalue weighted by atomic mass is 35.5. The number of carboxylic acid groups (broad SMARTS) is 1. The number of benzene rings is 1. The number of hydrogen-bond donors (Lipinski definition) is 2. The van der Waals surface area contributed by atoms with Crippen molar-refractivity contribution in [2.75, 3.05) is 23.3 Å². The number of halogens is 1. The third-order valence-electron chi connectivity index (χ3n) is 6.49. The first-order valence-corrected chi connectivity index (χ1v) is 11.0. The molecule has 2 fully saturated rings. The van der Waals surface area contributed by atoms with E-state index in [1.54, 1.807) is 23.7 Å². The van der Waals surface area contributed by atoms with Gasteiger partial charge in [0.1, 0.15) is 5.15 Å². The number of aromatic carboxylic acids is 1. The van der Waals surface area contributed by atoms with Gasteiger partial charge in [0, 0.05) is 25.7 Å². The fourth-order valence-corrected chi connectivity index (χ4v) is 4.89. The first-order chi connectivity index (χ1) is 15.2. The highest BCUT2D eigenvalue weighted by molar-refractivity contribution is 6.29. The van der Waals surface area contributed by atoms with Crippen molar-refractivity contribution in [2.45, 2.75) is 26.3 Å². The van der Waals surface area contributed by atoms with Gasteiger partial charge in [-0.05, 0) is 55.9 Å². The van der Waals surface area contributed by atoms with E-state index in [-0.39, 0.29) is 22.4 Å². The van der Waals surface area contributed by atoms with Crippen LogP contribution in [0.3, 0.4) is 0 Å². The predicted molar refractivity (Wildman–Crippen MR) is 124 cm³/mol. The Hall–Kier alpha value is -3.13. The number of piperidine rings is 1. The molecule has 3 unspecified atom stereocenters. The number of aromatic nitrogens is 3. The molecule has 32 heavy (non-hydrogen) atoms. The van der Waals surface area contributed by atoms with Gasteiger partial charge in [0.2, 0.25) is 5.95 Å². The Labute approximate surface area is 189 Å². The van der Waals surface area contributed by atoms with Gasteiger partial charge in [0.25, 0.3) is 5.56 Å². The third kappa shape index (κ3) is 3.48. The molecule has 2 aliphatic rings. The Kier molecular flexibility index (Phi) is 4.85. The van der Waals surface area contributed by atoms with Crippen LogP contribution in [0, 0.1) is 18.8 Å². The standard InChI is InChI=1S/C23H24ClN5O3/c1-11-6-15(12(2)25-17-4-5-18(24)26-20(17)22(31)32)19-16(7-11)21(30)28(3)23(27-19)29-9-13-8-14(13)10-29/h4-7,12-14,25H,8-10H2,1-3H3,(H,31,32). The molecule has 1 aromatic carbocycles. The lowest BCUT2D eigenvalue weighted by atomic mass is 10.0. The molecule has 2 N–H and O–H groups in total. The molecule has 8 nitrogen and oxygen atoms in total. The summed E-state index contributed by atoms with van der Waals surface area (Å²) < 4.78 is 1.64. The van der Waals surface area contributed by atoms with Crippen molar-refractivity contribution >= 4 is 40.1 Å². The van der Waals surface area contributed by atoms with Crippen LogP contribution in [-0.2, 0) is 7.05 Å². The summed E-state index contributed by atoms with van der Waals surface area (Å²) >= 11 is 5.88. The molecule has 0 bridgehead atoms. The normalized spacial score (nSPS) is 20.3. The average Bonchev–Trinajstić information content (AvgIpc) is 3.36. The maximum absolute atomic E-state index is 13.2. The SMILES string of the molecule is Cc1cc(C(C)Nc2ccc(Cl)nc2C(=O)O)c2nc(N3CC4CC4C3)n(C)c(=O)c2c1. The summed E-state index contributed by atoms with van der Waals surface area (Å²) in [6.07, 6.45) is 1.27. The minimum absolute atomic E-state index is 0.0814. The molecule has 166 valence electrons. The number of rotatable bonds is 5. The van der Waals surface area contributed by atoms with Crippen molar-refractivity contribution in [3.8, 4) is 0 Å². The van der Waals surface area contributed by atoms with Crippen LogP contribution in [0.15, 0.2) is 29.1 Å². The van der Waals surface area contributed by atoms with Gasteiger partial charge in [-0.15, -0.1) is 0 Å². The predicted octanol–water partition coefficient (Wildman–Crippen LogP) is 3.62. The largest absolute Gasteiger partial charge is 0.476 e. The quantitative estimate of drug-likeness (QED) is 0.569. The van der Waals surface area contributed by atoms with Crippen molar-refractivity contribution < 1.29 is 9.90 Å². The molecule has 3 atom stereocenters. The Bertz CT molecular complexity index is 1310. The highest BCUT2D eigenvalue weighted by Gasteiger charge is 2.46. The molecule has 0 radical (unpaired) electrons. The number of aryl methyl sites for hydroxylation is 1. The number of pyridine rings is 1. The van der Waals surface area contributed by atoms with Crippen LogP contribution in [0.2, 0.25) is 5.15 Å². The first-order valence-electron chi connectivity index (χ1n) is 10.7. The van der Waals surface area contributed by atoms with E-state index in [1.165, 1.54) is 6.42 Å². The minimum Gasteiger partial charge on any atom is -0.476 e. The van der Waals surface area contributed by atoms with Crippen molar-refractivity contribution in [1.82, 2.24) is 14.5 Å². The Morgan fingerprint density at radius 1 is 1.25 bits per heavy atom. The van der Waals surface area contributed by atoms with Crippen molar-refractivity contribution in [3.05, 3.63) is 56.6 Å². The number of carbonyl (C=O) groups is 1. The van der Waals surface area contributed by atoms with E-state index >= 15 is 0 Å². The van der Waals surface area contributed by atoms with Crippen LogP contribution < -0.4 is 15.8 Å². The zero-order valence-electron chi connectivity index (χ0n) is 18.1. The second-order valence-electron chi connectivity index (χ2n) is 8.89. The molecule has 5 rings (SSSR count). The number of fused-ring (bicyclic) bond motifs is 2. The molecular formula is C23H24ClN5O3. The van der Waals surface area contributed by atoms with Crippen molar-refractivity contribution in [2.24, 2.45) is 18.9 Å². The Balaban J connectivity index is 1.60. The van der Waals surface area contributed by atoms with Crippen LogP contribution in [-0.4, -0.2) is 38.7 Å². The summed E-state index contributed by atoms with van der Waals surface area (Å²) in [5.74, 6) is 0.949. The van der Waals surface area contributed by atoms with Gasteiger partial charge in [0.05, 0.1) is 22.6 Å². The van der Waals surface area contributed by atoms with E-state index < -0.39 is 5.97 Å². The summed E-state index contributed by atoms with van der Waals surface area (Å²) in [6, 6.07) is 6.67. The summed E-state index contributed by atoms with van der Waals surface area (Å²) in [4.78, 5) is 36.0. The highest BCUT2D eigenvalue weighted by Crippen LogP contribution is 2.46. The zero-order chi connectivity index (χ0) is 22.7. The van der Waals surface area contributed by atoms with Crippen molar-refractivity contribution in [1.29, 1.82) is 0 Å². The van der Waals surface area contributed by atoms with Crippen LogP contribution >= 0.6 is 11.6 Å². The number of hydrogen-bond acceptors (Lipinski definition) is 6. The van der Waals surface area contributed by atoms with E-state index in [9.17, 15) is 14.7 Å². The molecule has 1 aliphatic carbocycles. The second-order valence-corrected chi connectivity index (χ2v) is 9.28. The molecule has 1 aliphatic heterocycles. The lowest BCUT2D eigenvalue weighted by Crippen LogP contribution is -2.31. The first kappa shape index (κ1) is 20.8. The van der Waals surface area contributed by atoms with Crippen LogP contribution in [0.5, 0.6) is 0 Å². The molecule has 1 saturated carbocycles. The fourth-order valence-electron chi connectivity index (χ4n) is 4.74. The molecule has 1 saturated heterocycles. The van der Waals surface area contributed by atoms with E-state index in [0.29, 0.717) is 34.4 Å². The molecule has 3 heterocycles. The number of carboxylic acids is 1. The molecule has 0 spiro atoms. The smallest absolute Gasteiger partial charge is 0.356 e. The molecule has 3 aromatic rings. The Morgan fingerprint density at radius 2 is 1.97 bits per heavy atom. The molecule has 2 aromatic heterocycles. The summed E-state index contributed by atoms with van der Waals surface area (Å²) in [7, 11) is 1.77. The average molecular weight is 454 g/mol. The van der Waals surface area contributed by atoms with Gasteiger partial charge in [-0.1, -0.05) is 17.7 Å². The van der Waals surface area contributed by atoms with Crippen molar-refractivity contribution in [3.63, 3.8) is 0 Å². The maximum atomic E-state index is 13.2. The maximum Gasteiger partial charge on any atom is 0.356 e. The van der Waals surface area contributed by atoms with Gasteiger partial charge in [0.15, 0.2) is 5.69 Å². The van der Waals surface area contributed by atoms with Crippen LogP contribution in [0.4, 0.5) is 11.6 Å². The zero-order valence-corrected chi connectivity index (χ0v) is 18.8. The summed E-state index contributed by atoms with van der Waals surface area (Å²) in [6.45, 7) is 5.72. The van der Waals surface area contributed by atoms with Crippen LogP contribution in [0.25, 0.3) is 10.9 Å². The lowest BCUT2D eigenvalue weighted by Gasteiger charge is -2.24. The molecule has 0 amide bonds. The lowest BCUT2D eigenvalue weighted by molar-refractivity contribution is 0.0691. The monoisotopic (exact) mass is 453 g/mol. The van der Waals surface area contributed by atoms with E-state index in [0.717, 1.165) is 24.2 Å². The summed E-state index contributed by atoms with van der Waals surface area (Å²) in [5, 5.41) is 13.4. The molecule has 9 heteroatoms. The topological polar surface area (TPSA) is 100 Å². The number of nitrogens with one attached hydrogen (secondary N) is 1. The fraction of sp³-hybridized carbons (Fsp3) is 0.391. The number of nitrogens with zero attached hydrogens (tertiary/aromatic N) is 4. The van der Waals surface area contributed by atoms with Crippen LogP contribution in [0.1, 0.15) is 41.0 Å².